The topological polar surface area (TPSA) is 68.0 Å². The van der Waals surface area contributed by atoms with Gasteiger partial charge in [0.1, 0.15) is 0 Å². The van der Waals surface area contributed by atoms with Crippen LogP contribution >= 0.6 is 0 Å². The Balaban J connectivity index is 1.72. The minimum Gasteiger partial charge on any atom is -0.394 e. The number of nitrogens with zero attached hydrogens (tertiary/aromatic N) is 1. The molecule has 0 radical (unpaired) electrons. The van der Waals surface area contributed by atoms with Gasteiger partial charge in [-0.15, -0.1) is 0 Å². The van der Waals surface area contributed by atoms with Crippen LogP contribution in [-0.4, -0.2) is 68.7 Å². The molecule has 1 rings (SSSR count). The summed E-state index contributed by atoms with van der Waals surface area (Å²) in [5, 5.41) is 8.42. The van der Waals surface area contributed by atoms with Gasteiger partial charge < -0.3 is 20.3 Å². The maximum atomic E-state index is 8.42. The Morgan fingerprint density at radius 2 is 1.79 bits per heavy atom. The SMILES string of the molecule is NC1CN(CCOCCOCCO)C1. The molecule has 0 unspecified atom stereocenters. The third kappa shape index (κ3) is 4.88. The molecule has 1 aliphatic heterocycles. The van der Waals surface area contributed by atoms with E-state index in [1.165, 1.54) is 0 Å². The van der Waals surface area contributed by atoms with Crippen molar-refractivity contribution in [1.82, 2.24) is 4.90 Å². The molecule has 0 atom stereocenters. The van der Waals surface area contributed by atoms with Crippen LogP contribution in [0.4, 0.5) is 0 Å². The number of likely N-dealkylation sites (tertiary alicyclic amines) is 1. The highest BCUT2D eigenvalue weighted by atomic mass is 16.5. The van der Waals surface area contributed by atoms with Gasteiger partial charge in [0.2, 0.25) is 0 Å². The van der Waals surface area contributed by atoms with E-state index in [0.29, 0.717) is 25.9 Å². The largest absolute Gasteiger partial charge is 0.394 e. The predicted molar refractivity (Wildman–Crippen MR) is 53.1 cm³/mol. The summed E-state index contributed by atoms with van der Waals surface area (Å²) in [6, 6.07) is 0.364. The van der Waals surface area contributed by atoms with Crippen LogP contribution in [0, 0.1) is 0 Å². The Labute approximate surface area is 84.8 Å². The van der Waals surface area contributed by atoms with Crippen molar-refractivity contribution in [3.8, 4) is 0 Å². The van der Waals surface area contributed by atoms with Gasteiger partial charge in [-0.05, 0) is 0 Å². The van der Waals surface area contributed by atoms with Crippen LogP contribution in [0.25, 0.3) is 0 Å². The molecular weight excluding hydrogens is 184 g/mol. The highest BCUT2D eigenvalue weighted by molar-refractivity contribution is 4.81. The van der Waals surface area contributed by atoms with Gasteiger partial charge in [0, 0.05) is 25.7 Å². The first-order valence-electron chi connectivity index (χ1n) is 5.07. The van der Waals surface area contributed by atoms with Crippen molar-refractivity contribution in [2.45, 2.75) is 6.04 Å². The summed E-state index contributed by atoms with van der Waals surface area (Å²) < 4.78 is 10.4. The quantitative estimate of drug-likeness (QED) is 0.479. The Bertz CT molecular complexity index is 140. The summed E-state index contributed by atoms with van der Waals surface area (Å²) in [5.74, 6) is 0. The van der Waals surface area contributed by atoms with E-state index in [0.717, 1.165) is 26.2 Å². The molecule has 0 aliphatic carbocycles. The summed E-state index contributed by atoms with van der Waals surface area (Å²) in [4.78, 5) is 2.26. The van der Waals surface area contributed by atoms with Gasteiger partial charge in [-0.2, -0.15) is 0 Å². The third-order valence-electron chi connectivity index (χ3n) is 2.14. The lowest BCUT2D eigenvalue weighted by molar-refractivity contribution is 0.0189. The normalized spacial score (nSPS) is 18.4. The second-order valence-electron chi connectivity index (χ2n) is 3.47. The van der Waals surface area contributed by atoms with Gasteiger partial charge in [-0.3, -0.25) is 4.90 Å². The summed E-state index contributed by atoms with van der Waals surface area (Å²) in [5.41, 5.74) is 5.63. The van der Waals surface area contributed by atoms with Crippen molar-refractivity contribution in [1.29, 1.82) is 0 Å². The molecule has 5 heteroatoms. The first kappa shape index (κ1) is 11.9. The highest BCUT2D eigenvalue weighted by Gasteiger charge is 2.21. The van der Waals surface area contributed by atoms with Crippen LogP contribution in [0.5, 0.6) is 0 Å². The van der Waals surface area contributed by atoms with Crippen LogP contribution in [-0.2, 0) is 9.47 Å². The monoisotopic (exact) mass is 204 g/mol. The smallest absolute Gasteiger partial charge is 0.0701 e. The molecule has 1 fully saturated rings. The fraction of sp³-hybridized carbons (Fsp3) is 1.00. The summed E-state index contributed by atoms with van der Waals surface area (Å²) >= 11 is 0. The van der Waals surface area contributed by atoms with E-state index in [2.05, 4.69) is 4.90 Å². The fourth-order valence-corrected chi connectivity index (χ4v) is 1.37. The number of hydrogen-bond acceptors (Lipinski definition) is 5. The lowest BCUT2D eigenvalue weighted by atomic mass is 10.1. The van der Waals surface area contributed by atoms with Crippen molar-refractivity contribution in [2.24, 2.45) is 5.73 Å². The second-order valence-corrected chi connectivity index (χ2v) is 3.47. The second kappa shape index (κ2) is 7.14. The van der Waals surface area contributed by atoms with Gasteiger partial charge in [0.25, 0.3) is 0 Å². The molecule has 0 saturated carbocycles. The number of nitrogens with two attached hydrogens (primary N) is 1. The van der Waals surface area contributed by atoms with Crippen molar-refractivity contribution in [3.05, 3.63) is 0 Å². The van der Waals surface area contributed by atoms with Gasteiger partial charge in [0.15, 0.2) is 0 Å². The third-order valence-corrected chi connectivity index (χ3v) is 2.14. The lowest BCUT2D eigenvalue weighted by Gasteiger charge is -2.36. The lowest BCUT2D eigenvalue weighted by Crippen LogP contribution is -2.56. The molecule has 0 bridgehead atoms. The summed E-state index contributed by atoms with van der Waals surface area (Å²) in [7, 11) is 0. The maximum Gasteiger partial charge on any atom is 0.0701 e. The zero-order valence-corrected chi connectivity index (χ0v) is 8.52. The van der Waals surface area contributed by atoms with E-state index in [-0.39, 0.29) is 6.61 Å². The maximum absolute atomic E-state index is 8.42. The summed E-state index contributed by atoms with van der Waals surface area (Å²) in [6.07, 6.45) is 0. The van der Waals surface area contributed by atoms with E-state index >= 15 is 0 Å². The van der Waals surface area contributed by atoms with Crippen molar-refractivity contribution >= 4 is 0 Å². The van der Waals surface area contributed by atoms with Gasteiger partial charge in [-0.1, -0.05) is 0 Å². The Hall–Kier alpha value is -0.200. The number of aliphatic hydroxyl groups excluding tert-OH is 1. The molecule has 0 aromatic rings. The molecule has 14 heavy (non-hydrogen) atoms. The first-order valence-corrected chi connectivity index (χ1v) is 5.07. The molecule has 3 N–H and O–H groups in total. The van der Waals surface area contributed by atoms with Crippen molar-refractivity contribution in [3.63, 3.8) is 0 Å². The minimum absolute atomic E-state index is 0.0751. The number of rotatable bonds is 8. The molecule has 1 heterocycles. The van der Waals surface area contributed by atoms with Crippen LogP contribution in [0.15, 0.2) is 0 Å². The average Bonchev–Trinajstić information content (AvgIpc) is 2.13. The molecule has 5 nitrogen and oxygen atoms in total. The number of aliphatic hydroxyl groups is 1. The predicted octanol–water partition coefficient (Wildman–Crippen LogP) is -1.35. The Kier molecular flexibility index (Phi) is 6.05. The zero-order valence-electron chi connectivity index (χ0n) is 8.52. The van der Waals surface area contributed by atoms with Crippen LogP contribution in [0.2, 0.25) is 0 Å². The van der Waals surface area contributed by atoms with E-state index < -0.39 is 0 Å². The first-order chi connectivity index (χ1) is 6.83. The van der Waals surface area contributed by atoms with Crippen LogP contribution < -0.4 is 5.73 Å². The van der Waals surface area contributed by atoms with Crippen molar-refractivity contribution < 1.29 is 14.6 Å². The Morgan fingerprint density at radius 3 is 2.36 bits per heavy atom. The van der Waals surface area contributed by atoms with Gasteiger partial charge in [0.05, 0.1) is 33.0 Å². The van der Waals surface area contributed by atoms with Gasteiger partial charge >= 0.3 is 0 Å². The van der Waals surface area contributed by atoms with E-state index in [1.807, 2.05) is 0 Å². The van der Waals surface area contributed by atoms with Crippen LogP contribution in [0.1, 0.15) is 0 Å². The van der Waals surface area contributed by atoms with E-state index in [9.17, 15) is 0 Å². The van der Waals surface area contributed by atoms with E-state index in [1.54, 1.807) is 0 Å². The fourth-order valence-electron chi connectivity index (χ4n) is 1.37. The van der Waals surface area contributed by atoms with Crippen molar-refractivity contribution in [2.75, 3.05) is 52.7 Å². The standard InChI is InChI=1S/C9H20N2O3/c10-9-7-11(8-9)1-3-13-5-6-14-4-2-12/h9,12H,1-8,10H2. The molecular formula is C9H20N2O3. The average molecular weight is 204 g/mol. The zero-order chi connectivity index (χ0) is 10.2. The van der Waals surface area contributed by atoms with Gasteiger partial charge in [-0.25, -0.2) is 0 Å². The minimum atomic E-state index is 0.0751. The number of hydrogen-bond donors (Lipinski definition) is 2. The molecule has 84 valence electrons. The molecule has 1 saturated heterocycles. The molecule has 0 amide bonds. The molecule has 0 aromatic heterocycles. The number of ether oxygens (including phenoxy) is 2. The summed E-state index contributed by atoms with van der Waals surface area (Å²) in [6.45, 7) is 5.29. The highest BCUT2D eigenvalue weighted by Crippen LogP contribution is 2.03. The van der Waals surface area contributed by atoms with E-state index in [4.69, 9.17) is 20.3 Å². The molecule has 1 aliphatic rings. The van der Waals surface area contributed by atoms with Crippen LogP contribution in [0.3, 0.4) is 0 Å². The Morgan fingerprint density at radius 1 is 1.14 bits per heavy atom. The molecule has 0 spiro atoms. The molecule has 0 aromatic carbocycles.